The van der Waals surface area contributed by atoms with Crippen molar-refractivity contribution >= 4 is 0 Å². The lowest BCUT2D eigenvalue weighted by molar-refractivity contribution is 0.452. The van der Waals surface area contributed by atoms with Crippen LogP contribution in [-0.2, 0) is 0 Å². The summed E-state index contributed by atoms with van der Waals surface area (Å²) in [6.07, 6.45) is 0. The average molecular weight is 242 g/mol. The van der Waals surface area contributed by atoms with Crippen LogP contribution in [-0.4, -0.2) is 15.2 Å². The van der Waals surface area contributed by atoms with E-state index in [9.17, 15) is 15.0 Å². The zero-order valence-corrected chi connectivity index (χ0v) is 9.56. The number of benzene rings is 1. The zero-order valence-electron chi connectivity index (χ0n) is 9.56. The molecule has 5 heteroatoms. The summed E-state index contributed by atoms with van der Waals surface area (Å²) in [5, 5.41) is 28.0. The summed E-state index contributed by atoms with van der Waals surface area (Å²) in [6.45, 7) is 1.68. The molecule has 0 bridgehead atoms. The van der Waals surface area contributed by atoms with Gasteiger partial charge in [-0.25, -0.2) is 0 Å². The quantitative estimate of drug-likeness (QED) is 0.708. The van der Waals surface area contributed by atoms with Crippen LogP contribution >= 0.6 is 0 Å². The fourth-order valence-corrected chi connectivity index (χ4v) is 1.76. The van der Waals surface area contributed by atoms with E-state index >= 15 is 0 Å². The largest absolute Gasteiger partial charge is 0.508 e. The van der Waals surface area contributed by atoms with Crippen LogP contribution < -0.4 is 5.56 Å². The van der Waals surface area contributed by atoms with Gasteiger partial charge in [-0.15, -0.1) is 0 Å². The maximum atomic E-state index is 11.6. The minimum Gasteiger partial charge on any atom is -0.508 e. The van der Waals surface area contributed by atoms with E-state index in [-0.39, 0.29) is 17.1 Å². The van der Waals surface area contributed by atoms with E-state index in [1.165, 1.54) is 12.1 Å². The van der Waals surface area contributed by atoms with E-state index in [0.717, 1.165) is 6.07 Å². The summed E-state index contributed by atoms with van der Waals surface area (Å²) in [7, 11) is 0. The number of phenolic OH excluding ortho intramolecular Hbond substituents is 2. The van der Waals surface area contributed by atoms with Gasteiger partial charge in [0.05, 0.1) is 0 Å². The predicted octanol–water partition coefficient (Wildman–Crippen LogP) is 1.63. The van der Waals surface area contributed by atoms with Crippen molar-refractivity contribution in [2.24, 2.45) is 0 Å². The Hall–Kier alpha value is -2.74. The number of pyridine rings is 1. The van der Waals surface area contributed by atoms with Crippen molar-refractivity contribution in [3.63, 3.8) is 0 Å². The van der Waals surface area contributed by atoms with Crippen LogP contribution in [0.2, 0.25) is 0 Å². The summed E-state index contributed by atoms with van der Waals surface area (Å²) in [5.74, 6) is -0.271. The number of aromatic amines is 1. The second kappa shape index (κ2) is 4.26. The standard InChI is InChI=1S/C13H10N2O3/c1-7-4-10(11(6-14)13(18)15-7)9-3-2-8(16)5-12(9)17/h2-5,16-17H,1H3,(H,15,18). The van der Waals surface area contributed by atoms with Gasteiger partial charge in [0.2, 0.25) is 0 Å². The topological polar surface area (TPSA) is 97.1 Å². The maximum absolute atomic E-state index is 11.6. The first-order valence-electron chi connectivity index (χ1n) is 5.19. The third-order valence-electron chi connectivity index (χ3n) is 2.55. The predicted molar refractivity (Wildman–Crippen MR) is 65.3 cm³/mol. The van der Waals surface area contributed by atoms with Gasteiger partial charge in [-0.1, -0.05) is 0 Å². The van der Waals surface area contributed by atoms with Gasteiger partial charge < -0.3 is 15.2 Å². The molecule has 0 saturated heterocycles. The van der Waals surface area contributed by atoms with Gasteiger partial charge in [0.25, 0.3) is 5.56 Å². The number of rotatable bonds is 1. The minimum atomic E-state index is -0.500. The van der Waals surface area contributed by atoms with Gasteiger partial charge in [-0.05, 0) is 25.1 Å². The van der Waals surface area contributed by atoms with E-state index in [2.05, 4.69) is 4.98 Å². The lowest BCUT2D eigenvalue weighted by Crippen LogP contribution is -2.12. The minimum absolute atomic E-state index is 0.0680. The molecule has 1 heterocycles. The fraction of sp³-hybridized carbons (Fsp3) is 0.0769. The number of nitrogens with one attached hydrogen (secondary N) is 1. The Kier molecular flexibility index (Phi) is 2.78. The molecule has 0 atom stereocenters. The number of aromatic hydroxyl groups is 2. The summed E-state index contributed by atoms with van der Waals surface area (Å²) in [6, 6.07) is 7.42. The van der Waals surface area contributed by atoms with Crippen LogP contribution in [0.4, 0.5) is 0 Å². The van der Waals surface area contributed by atoms with Crippen LogP contribution in [0, 0.1) is 18.3 Å². The normalized spacial score (nSPS) is 10.0. The van der Waals surface area contributed by atoms with Gasteiger partial charge in [0.1, 0.15) is 23.1 Å². The van der Waals surface area contributed by atoms with Crippen molar-refractivity contribution in [2.45, 2.75) is 6.92 Å². The van der Waals surface area contributed by atoms with Crippen molar-refractivity contribution in [1.29, 1.82) is 5.26 Å². The van der Waals surface area contributed by atoms with Crippen molar-refractivity contribution in [3.8, 4) is 28.7 Å². The highest BCUT2D eigenvalue weighted by Gasteiger charge is 2.13. The highest BCUT2D eigenvalue weighted by atomic mass is 16.3. The number of hydrogen-bond acceptors (Lipinski definition) is 4. The van der Waals surface area contributed by atoms with Crippen LogP contribution in [0.3, 0.4) is 0 Å². The van der Waals surface area contributed by atoms with E-state index in [1.54, 1.807) is 13.0 Å². The first-order valence-corrected chi connectivity index (χ1v) is 5.19. The number of H-pyrrole nitrogens is 1. The molecule has 0 unspecified atom stereocenters. The molecule has 0 aliphatic heterocycles. The molecule has 2 aromatic rings. The van der Waals surface area contributed by atoms with Crippen LogP contribution in [0.25, 0.3) is 11.1 Å². The van der Waals surface area contributed by atoms with Crippen molar-refractivity contribution in [3.05, 3.63) is 45.9 Å². The molecule has 1 aromatic heterocycles. The molecular weight excluding hydrogens is 232 g/mol. The molecule has 1 aromatic carbocycles. The zero-order chi connectivity index (χ0) is 13.3. The fourth-order valence-electron chi connectivity index (χ4n) is 1.76. The van der Waals surface area contributed by atoms with Gasteiger partial charge in [0.15, 0.2) is 0 Å². The molecule has 90 valence electrons. The third kappa shape index (κ3) is 1.92. The number of aryl methyl sites for hydroxylation is 1. The van der Waals surface area contributed by atoms with Gasteiger partial charge in [0, 0.05) is 22.9 Å². The van der Waals surface area contributed by atoms with E-state index in [4.69, 9.17) is 5.26 Å². The van der Waals surface area contributed by atoms with Crippen LogP contribution in [0.5, 0.6) is 11.5 Å². The molecule has 18 heavy (non-hydrogen) atoms. The summed E-state index contributed by atoms with van der Waals surface area (Å²) < 4.78 is 0. The van der Waals surface area contributed by atoms with E-state index in [1.807, 2.05) is 6.07 Å². The SMILES string of the molecule is Cc1cc(-c2ccc(O)cc2O)c(C#N)c(=O)[nH]1. The third-order valence-corrected chi connectivity index (χ3v) is 2.55. The lowest BCUT2D eigenvalue weighted by atomic mass is 10.00. The number of nitriles is 1. The van der Waals surface area contributed by atoms with Crippen molar-refractivity contribution in [1.82, 2.24) is 4.98 Å². The molecule has 2 rings (SSSR count). The highest BCUT2D eigenvalue weighted by Crippen LogP contribution is 2.33. The lowest BCUT2D eigenvalue weighted by Gasteiger charge is -2.07. The number of nitrogens with zero attached hydrogens (tertiary/aromatic N) is 1. The Morgan fingerprint density at radius 1 is 1.22 bits per heavy atom. The Bertz CT molecular complexity index is 711. The van der Waals surface area contributed by atoms with Crippen LogP contribution in [0.1, 0.15) is 11.3 Å². The molecule has 0 saturated carbocycles. The summed E-state index contributed by atoms with van der Waals surface area (Å²) in [4.78, 5) is 14.2. The van der Waals surface area contributed by atoms with Crippen molar-refractivity contribution in [2.75, 3.05) is 0 Å². The smallest absolute Gasteiger partial charge is 0.266 e. The van der Waals surface area contributed by atoms with E-state index < -0.39 is 5.56 Å². The Labute approximate surface area is 103 Å². The van der Waals surface area contributed by atoms with Gasteiger partial charge in [-0.3, -0.25) is 4.79 Å². The molecule has 0 fully saturated rings. The monoisotopic (exact) mass is 242 g/mol. The first-order chi connectivity index (χ1) is 8.52. The molecule has 0 spiro atoms. The molecular formula is C13H10N2O3. The number of phenols is 2. The molecule has 5 nitrogen and oxygen atoms in total. The van der Waals surface area contributed by atoms with E-state index in [0.29, 0.717) is 16.8 Å². The maximum Gasteiger partial charge on any atom is 0.266 e. The molecule has 0 amide bonds. The summed E-state index contributed by atoms with van der Waals surface area (Å²) >= 11 is 0. The molecule has 0 radical (unpaired) electrons. The number of hydrogen-bond donors (Lipinski definition) is 3. The molecule has 3 N–H and O–H groups in total. The molecule has 0 aliphatic carbocycles. The second-order valence-corrected chi connectivity index (χ2v) is 3.88. The van der Waals surface area contributed by atoms with Crippen molar-refractivity contribution < 1.29 is 10.2 Å². The second-order valence-electron chi connectivity index (χ2n) is 3.88. The average Bonchev–Trinajstić information content (AvgIpc) is 2.28. The first kappa shape index (κ1) is 11.7. The van der Waals surface area contributed by atoms with Crippen LogP contribution in [0.15, 0.2) is 29.1 Å². The Balaban J connectivity index is 2.79. The Morgan fingerprint density at radius 2 is 1.94 bits per heavy atom. The van der Waals surface area contributed by atoms with Gasteiger partial charge >= 0.3 is 0 Å². The Morgan fingerprint density at radius 3 is 2.56 bits per heavy atom. The molecule has 0 aliphatic rings. The van der Waals surface area contributed by atoms with Gasteiger partial charge in [-0.2, -0.15) is 5.26 Å². The highest BCUT2D eigenvalue weighted by molar-refractivity contribution is 5.75. The summed E-state index contributed by atoms with van der Waals surface area (Å²) in [5.41, 5.74) is 0.692. The number of aromatic nitrogens is 1.